The minimum atomic E-state index is -0.0500. The van der Waals surface area contributed by atoms with Gasteiger partial charge in [-0.05, 0) is 20.3 Å². The van der Waals surface area contributed by atoms with Gasteiger partial charge < -0.3 is 15.0 Å². The molecule has 0 spiro atoms. The topological polar surface area (TPSA) is 67.4 Å². The summed E-state index contributed by atoms with van der Waals surface area (Å²) in [5.41, 5.74) is 0.449. The van der Waals surface area contributed by atoms with E-state index in [1.807, 2.05) is 0 Å². The summed E-state index contributed by atoms with van der Waals surface area (Å²) in [5, 5.41) is 3.28. The predicted octanol–water partition coefficient (Wildman–Crippen LogP) is 1.47. The van der Waals surface area contributed by atoms with E-state index in [1.165, 1.54) is 0 Å². The number of rotatable bonds is 4. The van der Waals surface area contributed by atoms with Crippen LogP contribution in [-0.2, 0) is 4.74 Å². The Bertz CT molecular complexity index is 472. The van der Waals surface area contributed by atoms with Crippen molar-refractivity contribution in [2.45, 2.75) is 33.2 Å². The molecule has 6 nitrogen and oxygen atoms in total. The second-order valence-electron chi connectivity index (χ2n) is 5.04. The van der Waals surface area contributed by atoms with Gasteiger partial charge in [0.25, 0.3) is 5.91 Å². The molecule has 1 aromatic rings. The Hall–Kier alpha value is -1.69. The lowest BCUT2D eigenvalue weighted by atomic mass is 10.2. The summed E-state index contributed by atoms with van der Waals surface area (Å²) in [6, 6.07) is 2.05. The summed E-state index contributed by atoms with van der Waals surface area (Å²) in [6.07, 6.45) is 0.996. The molecule has 1 amide bonds. The Morgan fingerprint density at radius 3 is 2.80 bits per heavy atom. The highest BCUT2D eigenvalue weighted by atomic mass is 16.5. The molecule has 0 unspecified atom stereocenters. The van der Waals surface area contributed by atoms with Gasteiger partial charge in [0, 0.05) is 25.2 Å². The van der Waals surface area contributed by atoms with E-state index in [0.29, 0.717) is 49.7 Å². The van der Waals surface area contributed by atoms with E-state index in [0.717, 1.165) is 6.42 Å². The lowest BCUT2D eigenvalue weighted by Crippen LogP contribution is -2.41. The summed E-state index contributed by atoms with van der Waals surface area (Å²) >= 11 is 0. The van der Waals surface area contributed by atoms with Gasteiger partial charge in [0.2, 0.25) is 0 Å². The van der Waals surface area contributed by atoms with Crippen LogP contribution in [0.25, 0.3) is 0 Å². The largest absolute Gasteiger partial charge is 0.378 e. The van der Waals surface area contributed by atoms with Crippen LogP contribution in [0.15, 0.2) is 6.07 Å². The lowest BCUT2D eigenvalue weighted by Gasteiger charge is -2.26. The fourth-order valence-electron chi connectivity index (χ4n) is 2.03. The third-order valence-corrected chi connectivity index (χ3v) is 3.36. The number of hydrogen-bond acceptors (Lipinski definition) is 5. The number of anilines is 1. The summed E-state index contributed by atoms with van der Waals surface area (Å²) < 4.78 is 5.26. The van der Waals surface area contributed by atoms with E-state index in [-0.39, 0.29) is 5.91 Å². The van der Waals surface area contributed by atoms with Crippen molar-refractivity contribution in [2.24, 2.45) is 0 Å². The van der Waals surface area contributed by atoms with Crippen LogP contribution in [0.2, 0.25) is 0 Å². The Morgan fingerprint density at radius 1 is 1.45 bits per heavy atom. The first kappa shape index (κ1) is 14.7. The second-order valence-corrected chi connectivity index (χ2v) is 5.04. The molecule has 6 heteroatoms. The smallest absolute Gasteiger partial charge is 0.272 e. The van der Waals surface area contributed by atoms with Crippen molar-refractivity contribution in [1.82, 2.24) is 14.9 Å². The number of amides is 1. The third-order valence-electron chi connectivity index (χ3n) is 3.36. The van der Waals surface area contributed by atoms with Crippen LogP contribution in [0.1, 0.15) is 36.6 Å². The molecule has 1 aliphatic rings. The number of nitrogens with zero attached hydrogens (tertiary/aromatic N) is 3. The molecule has 1 aliphatic heterocycles. The zero-order valence-corrected chi connectivity index (χ0v) is 12.3. The fourth-order valence-corrected chi connectivity index (χ4v) is 2.03. The molecule has 1 aromatic heterocycles. The molecular weight excluding hydrogens is 256 g/mol. The molecule has 2 heterocycles. The van der Waals surface area contributed by atoms with Crippen molar-refractivity contribution in [2.75, 3.05) is 31.6 Å². The molecular formula is C14H22N4O2. The average Bonchev–Trinajstić information content (AvgIpc) is 2.46. The highest BCUT2D eigenvalue weighted by molar-refractivity contribution is 5.93. The number of carbonyl (C=O) groups excluding carboxylic acids is 1. The number of aryl methyl sites for hydroxylation is 1. The van der Waals surface area contributed by atoms with Crippen LogP contribution in [0, 0.1) is 6.92 Å². The van der Waals surface area contributed by atoms with Crippen LogP contribution in [-0.4, -0.2) is 53.1 Å². The highest BCUT2D eigenvalue weighted by Gasteiger charge is 2.20. The summed E-state index contributed by atoms with van der Waals surface area (Å²) in [7, 11) is 0. The number of ether oxygens (including phenoxy) is 1. The van der Waals surface area contributed by atoms with Gasteiger partial charge in [-0.2, -0.15) is 0 Å². The van der Waals surface area contributed by atoms with Crippen LogP contribution in [0.3, 0.4) is 0 Å². The number of aromatic nitrogens is 2. The minimum Gasteiger partial charge on any atom is -0.378 e. The maximum atomic E-state index is 12.4. The van der Waals surface area contributed by atoms with Crippen LogP contribution < -0.4 is 5.32 Å². The number of nitrogens with one attached hydrogen (secondary N) is 1. The third kappa shape index (κ3) is 3.66. The van der Waals surface area contributed by atoms with Gasteiger partial charge in [0.1, 0.15) is 17.3 Å². The second kappa shape index (κ2) is 6.65. The monoisotopic (exact) mass is 278 g/mol. The van der Waals surface area contributed by atoms with Crippen LogP contribution in [0.4, 0.5) is 5.82 Å². The zero-order chi connectivity index (χ0) is 14.5. The molecule has 0 saturated carbocycles. The van der Waals surface area contributed by atoms with Gasteiger partial charge in [-0.3, -0.25) is 4.79 Å². The normalized spacial score (nSPS) is 16.9. The van der Waals surface area contributed by atoms with Crippen molar-refractivity contribution in [3.63, 3.8) is 0 Å². The molecule has 0 aliphatic carbocycles. The van der Waals surface area contributed by atoms with Crippen molar-refractivity contribution in [1.29, 1.82) is 0 Å². The van der Waals surface area contributed by atoms with E-state index in [2.05, 4.69) is 29.1 Å². The van der Waals surface area contributed by atoms with Gasteiger partial charge >= 0.3 is 0 Å². The van der Waals surface area contributed by atoms with E-state index in [4.69, 9.17) is 4.74 Å². The SMILES string of the molecule is CC[C@@H](C)Nc1cc(C(=O)N2CCOCC2)nc(C)n1. The number of hydrogen-bond donors (Lipinski definition) is 1. The van der Waals surface area contributed by atoms with Crippen molar-refractivity contribution in [3.8, 4) is 0 Å². The number of morpholine rings is 1. The molecule has 0 bridgehead atoms. The Morgan fingerprint density at radius 2 is 2.15 bits per heavy atom. The first-order valence-electron chi connectivity index (χ1n) is 7.09. The summed E-state index contributed by atoms with van der Waals surface area (Å²) in [6.45, 7) is 8.41. The predicted molar refractivity (Wildman–Crippen MR) is 76.9 cm³/mol. The van der Waals surface area contributed by atoms with E-state index in [1.54, 1.807) is 17.9 Å². The highest BCUT2D eigenvalue weighted by Crippen LogP contribution is 2.12. The standard InChI is InChI=1S/C14H22N4O2/c1-4-10(2)15-13-9-12(16-11(3)17-13)14(19)18-5-7-20-8-6-18/h9-10H,4-8H2,1-3H3,(H,15,16,17)/t10-/m1/s1. The van der Waals surface area contributed by atoms with Gasteiger partial charge in [-0.1, -0.05) is 6.92 Å². The lowest BCUT2D eigenvalue weighted by molar-refractivity contribution is 0.0299. The fraction of sp³-hybridized carbons (Fsp3) is 0.643. The van der Waals surface area contributed by atoms with Crippen molar-refractivity contribution < 1.29 is 9.53 Å². The molecule has 0 radical (unpaired) electrons. The van der Waals surface area contributed by atoms with Crippen molar-refractivity contribution >= 4 is 11.7 Å². The van der Waals surface area contributed by atoms with Gasteiger partial charge in [0.15, 0.2) is 0 Å². The van der Waals surface area contributed by atoms with Gasteiger partial charge in [0.05, 0.1) is 13.2 Å². The molecule has 20 heavy (non-hydrogen) atoms. The van der Waals surface area contributed by atoms with Crippen LogP contribution in [0.5, 0.6) is 0 Å². The molecule has 2 rings (SSSR count). The van der Waals surface area contributed by atoms with E-state index < -0.39 is 0 Å². The Balaban J connectivity index is 2.16. The number of carbonyl (C=O) groups is 1. The molecule has 1 fully saturated rings. The van der Waals surface area contributed by atoms with E-state index >= 15 is 0 Å². The first-order chi connectivity index (χ1) is 9.60. The molecule has 0 aromatic carbocycles. The van der Waals surface area contributed by atoms with Gasteiger partial charge in [-0.15, -0.1) is 0 Å². The van der Waals surface area contributed by atoms with Crippen molar-refractivity contribution in [3.05, 3.63) is 17.6 Å². The summed E-state index contributed by atoms with van der Waals surface area (Å²) in [4.78, 5) is 22.8. The van der Waals surface area contributed by atoms with Crippen LogP contribution >= 0.6 is 0 Å². The van der Waals surface area contributed by atoms with E-state index in [9.17, 15) is 4.79 Å². The molecule has 1 saturated heterocycles. The molecule has 1 N–H and O–H groups in total. The zero-order valence-electron chi connectivity index (χ0n) is 12.3. The summed E-state index contributed by atoms with van der Waals surface area (Å²) in [5.74, 6) is 1.27. The average molecular weight is 278 g/mol. The maximum Gasteiger partial charge on any atom is 0.272 e. The first-order valence-corrected chi connectivity index (χ1v) is 7.09. The van der Waals surface area contributed by atoms with Gasteiger partial charge in [-0.25, -0.2) is 9.97 Å². The Labute approximate surface area is 119 Å². The Kier molecular flexibility index (Phi) is 4.89. The molecule has 110 valence electrons. The quantitative estimate of drug-likeness (QED) is 0.903. The molecule has 1 atom stereocenters. The maximum absolute atomic E-state index is 12.4. The minimum absolute atomic E-state index is 0.0500.